The van der Waals surface area contributed by atoms with Crippen LogP contribution in [-0.2, 0) is 0 Å². The lowest BCUT2D eigenvalue weighted by molar-refractivity contribution is 0.669. The van der Waals surface area contributed by atoms with Crippen molar-refractivity contribution in [3.8, 4) is 0 Å². The van der Waals surface area contributed by atoms with Crippen LogP contribution in [0.1, 0.15) is 5.56 Å². The Balaban J connectivity index is 2.40. The summed E-state index contributed by atoms with van der Waals surface area (Å²) >= 11 is 0. The number of hydrogen-bond acceptors (Lipinski definition) is 1. The van der Waals surface area contributed by atoms with E-state index in [0.717, 1.165) is 11.2 Å². The van der Waals surface area contributed by atoms with Gasteiger partial charge in [0.25, 0.3) is 0 Å². The van der Waals surface area contributed by atoms with E-state index in [1.807, 2.05) is 12.1 Å². The Labute approximate surface area is 105 Å². The lowest BCUT2D eigenvalue weighted by Crippen LogP contribution is -1.79. The highest BCUT2D eigenvalue weighted by molar-refractivity contribution is 6.19. The Morgan fingerprint density at radius 3 is 2.56 bits per heavy atom. The second-order valence-electron chi connectivity index (χ2n) is 4.71. The van der Waals surface area contributed by atoms with E-state index in [9.17, 15) is 0 Å². The molecule has 0 aliphatic heterocycles. The first-order valence-corrected chi connectivity index (χ1v) is 6.14. The fourth-order valence-corrected chi connectivity index (χ4v) is 2.78. The van der Waals surface area contributed by atoms with Gasteiger partial charge >= 0.3 is 0 Å². The predicted octanol–water partition coefficient (Wildman–Crippen LogP) is 5.05. The molecule has 0 atom stereocenters. The molecule has 4 rings (SSSR count). The zero-order valence-electron chi connectivity index (χ0n) is 10.1. The molecule has 0 bridgehead atoms. The molecule has 0 spiro atoms. The fourth-order valence-electron chi connectivity index (χ4n) is 2.78. The third-order valence-corrected chi connectivity index (χ3v) is 3.59. The quantitative estimate of drug-likeness (QED) is 0.413. The molecule has 0 unspecified atom stereocenters. The van der Waals surface area contributed by atoms with E-state index < -0.39 is 0 Å². The summed E-state index contributed by atoms with van der Waals surface area (Å²) in [5.41, 5.74) is 3.23. The summed E-state index contributed by atoms with van der Waals surface area (Å²) in [6.07, 6.45) is 0. The van der Waals surface area contributed by atoms with Crippen LogP contribution in [0.2, 0.25) is 0 Å². The van der Waals surface area contributed by atoms with Crippen LogP contribution in [0.3, 0.4) is 0 Å². The van der Waals surface area contributed by atoms with Crippen molar-refractivity contribution in [3.63, 3.8) is 0 Å². The summed E-state index contributed by atoms with van der Waals surface area (Å²) in [6, 6.07) is 18.9. The molecule has 0 N–H and O–H groups in total. The number of hydrogen-bond donors (Lipinski definition) is 0. The van der Waals surface area contributed by atoms with Crippen LogP contribution >= 0.6 is 0 Å². The molecule has 4 aromatic rings. The second-order valence-corrected chi connectivity index (χ2v) is 4.71. The Kier molecular flexibility index (Phi) is 1.81. The van der Waals surface area contributed by atoms with Crippen molar-refractivity contribution in [2.45, 2.75) is 6.92 Å². The SMILES string of the molecule is Cc1cccc2ccc3oc4ccccc4c3c12. The van der Waals surface area contributed by atoms with Crippen LogP contribution in [-0.4, -0.2) is 0 Å². The van der Waals surface area contributed by atoms with Gasteiger partial charge in [-0.25, -0.2) is 0 Å². The molecule has 1 nitrogen and oxygen atoms in total. The van der Waals surface area contributed by atoms with Gasteiger partial charge in [0.05, 0.1) is 0 Å². The van der Waals surface area contributed by atoms with Crippen molar-refractivity contribution in [2.75, 3.05) is 0 Å². The average molecular weight is 232 g/mol. The van der Waals surface area contributed by atoms with E-state index in [4.69, 9.17) is 4.42 Å². The van der Waals surface area contributed by atoms with Gasteiger partial charge in [0.1, 0.15) is 11.2 Å². The van der Waals surface area contributed by atoms with Crippen molar-refractivity contribution in [2.24, 2.45) is 0 Å². The summed E-state index contributed by atoms with van der Waals surface area (Å²) < 4.78 is 5.92. The number of fused-ring (bicyclic) bond motifs is 5. The zero-order valence-corrected chi connectivity index (χ0v) is 10.1. The molecule has 1 heterocycles. The molecule has 86 valence electrons. The van der Waals surface area contributed by atoms with Gasteiger partial charge in [-0.1, -0.05) is 42.5 Å². The van der Waals surface area contributed by atoms with Crippen molar-refractivity contribution < 1.29 is 4.42 Å². The molecule has 0 fully saturated rings. The van der Waals surface area contributed by atoms with Crippen LogP contribution in [0, 0.1) is 6.92 Å². The predicted molar refractivity (Wildman–Crippen MR) is 76.0 cm³/mol. The van der Waals surface area contributed by atoms with Crippen LogP contribution in [0.15, 0.2) is 59.0 Å². The summed E-state index contributed by atoms with van der Waals surface area (Å²) in [5.74, 6) is 0. The van der Waals surface area contributed by atoms with Crippen molar-refractivity contribution in [1.82, 2.24) is 0 Å². The molecule has 0 aliphatic rings. The first kappa shape index (κ1) is 9.72. The topological polar surface area (TPSA) is 13.1 Å². The van der Waals surface area contributed by atoms with Crippen molar-refractivity contribution in [1.29, 1.82) is 0 Å². The van der Waals surface area contributed by atoms with E-state index >= 15 is 0 Å². The molecule has 0 aliphatic carbocycles. The lowest BCUT2D eigenvalue weighted by Gasteiger charge is -2.03. The lowest BCUT2D eigenvalue weighted by atomic mass is 10.00. The monoisotopic (exact) mass is 232 g/mol. The molecule has 0 amide bonds. The zero-order chi connectivity index (χ0) is 12.1. The Hall–Kier alpha value is -2.28. The van der Waals surface area contributed by atoms with Crippen LogP contribution in [0.4, 0.5) is 0 Å². The number of aryl methyl sites for hydroxylation is 1. The first-order valence-electron chi connectivity index (χ1n) is 6.14. The molecular formula is C17H12O. The minimum absolute atomic E-state index is 0.961. The van der Waals surface area contributed by atoms with Crippen molar-refractivity contribution >= 4 is 32.7 Å². The van der Waals surface area contributed by atoms with Gasteiger partial charge in [0, 0.05) is 10.8 Å². The summed E-state index contributed by atoms with van der Waals surface area (Å²) in [6.45, 7) is 2.16. The minimum Gasteiger partial charge on any atom is -0.456 e. The van der Waals surface area contributed by atoms with Crippen LogP contribution in [0.5, 0.6) is 0 Å². The van der Waals surface area contributed by atoms with Gasteiger partial charge in [0.15, 0.2) is 0 Å². The summed E-state index contributed by atoms with van der Waals surface area (Å²) in [5, 5.41) is 5.02. The molecule has 0 saturated heterocycles. The Morgan fingerprint density at radius 1 is 0.722 bits per heavy atom. The van der Waals surface area contributed by atoms with Gasteiger partial charge in [0.2, 0.25) is 0 Å². The van der Waals surface area contributed by atoms with E-state index in [1.165, 1.54) is 27.1 Å². The van der Waals surface area contributed by atoms with Crippen molar-refractivity contribution in [3.05, 3.63) is 60.2 Å². The first-order chi connectivity index (χ1) is 8.84. The van der Waals surface area contributed by atoms with Gasteiger partial charge < -0.3 is 4.42 Å². The van der Waals surface area contributed by atoms with Gasteiger partial charge in [-0.3, -0.25) is 0 Å². The van der Waals surface area contributed by atoms with E-state index in [0.29, 0.717) is 0 Å². The van der Waals surface area contributed by atoms with Gasteiger partial charge in [-0.05, 0) is 35.4 Å². The maximum absolute atomic E-state index is 5.92. The largest absolute Gasteiger partial charge is 0.456 e. The molecule has 0 saturated carbocycles. The molecule has 1 heteroatoms. The standard InChI is InChI=1S/C17H12O/c1-11-5-4-6-12-9-10-15-17(16(11)12)13-7-2-3-8-14(13)18-15/h2-10H,1H3. The molecule has 18 heavy (non-hydrogen) atoms. The number of benzene rings is 3. The number of para-hydroxylation sites is 1. The Bertz CT molecular complexity index is 884. The molecule has 3 aromatic carbocycles. The second kappa shape index (κ2) is 3.36. The van der Waals surface area contributed by atoms with Gasteiger partial charge in [-0.2, -0.15) is 0 Å². The Morgan fingerprint density at radius 2 is 1.61 bits per heavy atom. The highest BCUT2D eigenvalue weighted by atomic mass is 16.3. The summed E-state index contributed by atoms with van der Waals surface area (Å²) in [4.78, 5) is 0. The molecule has 1 aromatic heterocycles. The maximum atomic E-state index is 5.92. The fraction of sp³-hybridized carbons (Fsp3) is 0.0588. The number of furan rings is 1. The highest BCUT2D eigenvalue weighted by Gasteiger charge is 2.10. The van der Waals surface area contributed by atoms with Gasteiger partial charge in [-0.15, -0.1) is 0 Å². The summed E-state index contributed by atoms with van der Waals surface area (Å²) in [7, 11) is 0. The highest BCUT2D eigenvalue weighted by Crippen LogP contribution is 2.35. The minimum atomic E-state index is 0.961. The van der Waals surface area contributed by atoms with E-state index in [2.05, 4.69) is 49.4 Å². The maximum Gasteiger partial charge on any atom is 0.136 e. The van der Waals surface area contributed by atoms with Crippen LogP contribution < -0.4 is 0 Å². The molecule has 0 radical (unpaired) electrons. The third-order valence-electron chi connectivity index (χ3n) is 3.59. The van der Waals surface area contributed by atoms with Crippen LogP contribution in [0.25, 0.3) is 32.7 Å². The average Bonchev–Trinajstić information content (AvgIpc) is 2.77. The molecular weight excluding hydrogens is 220 g/mol. The van der Waals surface area contributed by atoms with E-state index in [1.54, 1.807) is 0 Å². The van der Waals surface area contributed by atoms with E-state index in [-0.39, 0.29) is 0 Å². The normalized spacial score (nSPS) is 11.6. The number of rotatable bonds is 0. The smallest absolute Gasteiger partial charge is 0.136 e. The third kappa shape index (κ3) is 1.16.